The molecule has 0 saturated carbocycles. The molecular formula is C69H132O6. The van der Waals surface area contributed by atoms with Crippen molar-refractivity contribution in [2.45, 2.75) is 399 Å². The lowest BCUT2D eigenvalue weighted by molar-refractivity contribution is -0.167. The monoisotopic (exact) mass is 1060 g/mol. The molecule has 0 heterocycles. The summed E-state index contributed by atoms with van der Waals surface area (Å²) in [4.78, 5) is 38.4. The van der Waals surface area contributed by atoms with Gasteiger partial charge in [-0.05, 0) is 44.9 Å². The average molecular weight is 1060 g/mol. The molecule has 0 aromatic carbocycles. The van der Waals surface area contributed by atoms with Gasteiger partial charge in [0.15, 0.2) is 6.10 Å². The molecule has 444 valence electrons. The Labute approximate surface area is 469 Å². The summed E-state index contributed by atoms with van der Waals surface area (Å²) in [5.41, 5.74) is 0. The fourth-order valence-electron chi connectivity index (χ4n) is 10.6. The van der Waals surface area contributed by atoms with Gasteiger partial charge in [-0.15, -0.1) is 0 Å². The van der Waals surface area contributed by atoms with Crippen molar-refractivity contribution in [3.8, 4) is 0 Å². The minimum absolute atomic E-state index is 0.0658. The van der Waals surface area contributed by atoms with Gasteiger partial charge in [-0.1, -0.05) is 341 Å². The molecule has 0 aromatic heterocycles. The highest BCUT2D eigenvalue weighted by atomic mass is 16.6. The van der Waals surface area contributed by atoms with Crippen molar-refractivity contribution < 1.29 is 28.6 Å². The highest BCUT2D eigenvalue weighted by Crippen LogP contribution is 2.19. The third kappa shape index (κ3) is 62.9. The zero-order chi connectivity index (χ0) is 54.3. The first-order valence-electron chi connectivity index (χ1n) is 34.2. The molecule has 75 heavy (non-hydrogen) atoms. The molecule has 0 aliphatic heterocycles. The largest absolute Gasteiger partial charge is 0.462 e. The van der Waals surface area contributed by atoms with E-state index in [2.05, 4.69) is 32.9 Å². The van der Waals surface area contributed by atoms with Crippen molar-refractivity contribution in [2.75, 3.05) is 13.2 Å². The summed E-state index contributed by atoms with van der Waals surface area (Å²) in [6, 6.07) is 0. The van der Waals surface area contributed by atoms with Gasteiger partial charge in [-0.25, -0.2) is 0 Å². The van der Waals surface area contributed by atoms with E-state index in [1.54, 1.807) is 0 Å². The Morgan fingerprint density at radius 2 is 0.440 bits per heavy atom. The van der Waals surface area contributed by atoms with E-state index >= 15 is 0 Å². The molecule has 0 fully saturated rings. The summed E-state index contributed by atoms with van der Waals surface area (Å²) in [5, 5.41) is 0. The quantitative estimate of drug-likeness (QED) is 0.0261. The van der Waals surface area contributed by atoms with Crippen LogP contribution in [0, 0.1) is 0 Å². The van der Waals surface area contributed by atoms with Crippen LogP contribution in [0.4, 0.5) is 0 Å². The number of allylic oxidation sites excluding steroid dienone is 2. The van der Waals surface area contributed by atoms with Crippen LogP contribution in [-0.2, 0) is 28.6 Å². The van der Waals surface area contributed by atoms with Gasteiger partial charge in [0, 0.05) is 19.3 Å². The van der Waals surface area contributed by atoms with Crippen molar-refractivity contribution in [1.29, 1.82) is 0 Å². The predicted molar refractivity (Wildman–Crippen MR) is 326 cm³/mol. The molecule has 0 N–H and O–H groups in total. The maximum absolute atomic E-state index is 12.9. The number of hydrogen-bond acceptors (Lipinski definition) is 6. The number of hydrogen-bond donors (Lipinski definition) is 0. The van der Waals surface area contributed by atoms with Crippen LogP contribution in [0.5, 0.6) is 0 Å². The number of unbranched alkanes of at least 4 members (excludes halogenated alkanes) is 51. The molecule has 0 bridgehead atoms. The van der Waals surface area contributed by atoms with Gasteiger partial charge < -0.3 is 14.2 Å². The van der Waals surface area contributed by atoms with Crippen molar-refractivity contribution in [2.24, 2.45) is 0 Å². The number of ether oxygens (including phenoxy) is 3. The van der Waals surface area contributed by atoms with Gasteiger partial charge in [-0.3, -0.25) is 14.4 Å². The van der Waals surface area contributed by atoms with Crippen LogP contribution in [0.2, 0.25) is 0 Å². The second-order valence-corrected chi connectivity index (χ2v) is 23.5. The van der Waals surface area contributed by atoms with Gasteiger partial charge >= 0.3 is 17.9 Å². The van der Waals surface area contributed by atoms with Crippen LogP contribution >= 0.6 is 0 Å². The van der Waals surface area contributed by atoms with Crippen molar-refractivity contribution in [3.05, 3.63) is 12.2 Å². The first-order chi connectivity index (χ1) is 37.0. The molecule has 0 aromatic rings. The minimum atomic E-state index is -0.769. The Kier molecular flexibility index (Phi) is 63.1. The van der Waals surface area contributed by atoms with Crippen LogP contribution in [0.1, 0.15) is 393 Å². The Morgan fingerprint density at radius 1 is 0.253 bits per heavy atom. The summed E-state index contributed by atoms with van der Waals surface area (Å²) in [6.45, 7) is 6.71. The molecule has 0 aliphatic carbocycles. The summed E-state index contributed by atoms with van der Waals surface area (Å²) >= 11 is 0. The summed E-state index contributed by atoms with van der Waals surface area (Å²) in [7, 11) is 0. The maximum Gasteiger partial charge on any atom is 0.306 e. The van der Waals surface area contributed by atoms with E-state index < -0.39 is 6.10 Å². The minimum Gasteiger partial charge on any atom is -0.462 e. The second-order valence-electron chi connectivity index (χ2n) is 23.5. The molecular weight excluding hydrogens is 925 g/mol. The van der Waals surface area contributed by atoms with Crippen LogP contribution < -0.4 is 0 Å². The van der Waals surface area contributed by atoms with Crippen molar-refractivity contribution >= 4 is 17.9 Å². The first kappa shape index (κ1) is 73.2. The predicted octanol–water partition coefficient (Wildman–Crippen LogP) is 23.2. The standard InChI is InChI=1S/C69H132O6/c1-4-7-10-13-16-19-22-25-28-30-32-33-34-35-36-37-38-40-41-44-47-50-53-56-59-62-68(71)74-65-66(64-73-67(70)61-58-55-52-49-46-43-27-24-21-18-15-12-9-6-3)75-69(72)63-60-57-54-51-48-45-42-39-31-29-26-23-20-17-14-11-8-5-2/h24,27,66H,4-23,25-26,28-65H2,1-3H3/b27-24-. The Hall–Kier alpha value is -1.85. The lowest BCUT2D eigenvalue weighted by atomic mass is 10.0. The molecule has 0 spiro atoms. The van der Waals surface area contributed by atoms with Crippen LogP contribution in [-0.4, -0.2) is 37.2 Å². The van der Waals surface area contributed by atoms with Crippen LogP contribution in [0.15, 0.2) is 12.2 Å². The van der Waals surface area contributed by atoms with Gasteiger partial charge in [0.2, 0.25) is 0 Å². The lowest BCUT2D eigenvalue weighted by Crippen LogP contribution is -2.30. The summed E-state index contributed by atoms with van der Waals surface area (Å²) in [5.74, 6) is -0.841. The van der Waals surface area contributed by atoms with E-state index in [9.17, 15) is 14.4 Å². The van der Waals surface area contributed by atoms with Crippen molar-refractivity contribution in [3.63, 3.8) is 0 Å². The molecule has 1 unspecified atom stereocenters. The zero-order valence-electron chi connectivity index (χ0n) is 51.1. The topological polar surface area (TPSA) is 78.9 Å². The van der Waals surface area contributed by atoms with E-state index in [1.165, 1.54) is 289 Å². The Morgan fingerprint density at radius 3 is 0.667 bits per heavy atom. The van der Waals surface area contributed by atoms with Crippen molar-refractivity contribution in [1.82, 2.24) is 0 Å². The number of carbonyl (C=O) groups is 3. The molecule has 1 atom stereocenters. The lowest BCUT2D eigenvalue weighted by Gasteiger charge is -2.18. The van der Waals surface area contributed by atoms with E-state index in [1.807, 2.05) is 0 Å². The zero-order valence-corrected chi connectivity index (χ0v) is 51.1. The fourth-order valence-corrected chi connectivity index (χ4v) is 10.6. The molecule has 0 saturated heterocycles. The van der Waals surface area contributed by atoms with E-state index in [0.717, 1.165) is 64.2 Å². The van der Waals surface area contributed by atoms with Gasteiger partial charge in [-0.2, -0.15) is 0 Å². The average Bonchev–Trinajstić information content (AvgIpc) is 3.41. The normalized spacial score (nSPS) is 12.0. The maximum atomic E-state index is 12.9. The smallest absolute Gasteiger partial charge is 0.306 e. The van der Waals surface area contributed by atoms with Gasteiger partial charge in [0.25, 0.3) is 0 Å². The highest BCUT2D eigenvalue weighted by molar-refractivity contribution is 5.71. The highest BCUT2D eigenvalue weighted by Gasteiger charge is 2.19. The van der Waals surface area contributed by atoms with E-state index in [-0.39, 0.29) is 31.1 Å². The van der Waals surface area contributed by atoms with Crippen LogP contribution in [0.25, 0.3) is 0 Å². The Bertz CT molecular complexity index is 1170. The molecule has 0 rings (SSSR count). The first-order valence-corrected chi connectivity index (χ1v) is 34.2. The third-order valence-electron chi connectivity index (χ3n) is 15.8. The molecule has 0 amide bonds. The molecule has 0 radical (unpaired) electrons. The molecule has 6 nitrogen and oxygen atoms in total. The van der Waals surface area contributed by atoms with Gasteiger partial charge in [0.1, 0.15) is 13.2 Å². The van der Waals surface area contributed by atoms with E-state index in [0.29, 0.717) is 19.3 Å². The summed E-state index contributed by atoms with van der Waals surface area (Å²) in [6.07, 6.45) is 76.6. The molecule has 0 aliphatic rings. The third-order valence-corrected chi connectivity index (χ3v) is 15.8. The summed E-state index contributed by atoms with van der Waals surface area (Å²) < 4.78 is 17.0. The second kappa shape index (κ2) is 64.7. The van der Waals surface area contributed by atoms with E-state index in [4.69, 9.17) is 14.2 Å². The van der Waals surface area contributed by atoms with Gasteiger partial charge in [0.05, 0.1) is 0 Å². The van der Waals surface area contributed by atoms with Crippen LogP contribution in [0.3, 0.4) is 0 Å². The number of rotatable bonds is 64. The SMILES string of the molecule is CCCCCCC/C=C\CCCCCCCC(=O)OCC(COC(=O)CCCCCCCCCCCCCCCCCCCCCCCCCCC)OC(=O)CCCCCCCCCCCCCCCCCCCC. The fraction of sp³-hybridized carbons (Fsp3) is 0.928. The Balaban J connectivity index is 4.22. The number of carbonyl (C=O) groups excluding carboxylic acids is 3. The number of esters is 3. The molecule has 6 heteroatoms.